The fourth-order valence-corrected chi connectivity index (χ4v) is 2.78. The molecule has 0 aromatic heterocycles. The number of carbonyl (C=O) groups is 1. The average molecular weight is 279 g/mol. The number of fused-ring (bicyclic) bond motifs is 1. The third kappa shape index (κ3) is 2.11. The molecule has 0 spiro atoms. The van der Waals surface area contributed by atoms with Crippen molar-refractivity contribution in [1.29, 1.82) is 0 Å². The van der Waals surface area contributed by atoms with E-state index in [-0.39, 0.29) is 5.91 Å². The van der Waals surface area contributed by atoms with Gasteiger partial charge in [-0.25, -0.2) is 0 Å². The Hall–Kier alpha value is -2.55. The number of carbonyl (C=O) groups excluding carboxylic acids is 1. The van der Waals surface area contributed by atoms with E-state index in [4.69, 9.17) is 0 Å². The van der Waals surface area contributed by atoms with Gasteiger partial charge in [0.2, 0.25) is 0 Å². The first-order valence-corrected chi connectivity index (χ1v) is 6.88. The summed E-state index contributed by atoms with van der Waals surface area (Å²) < 4.78 is 0. The third-order valence-electron chi connectivity index (χ3n) is 3.92. The van der Waals surface area contributed by atoms with Crippen molar-refractivity contribution in [2.24, 2.45) is 0 Å². The van der Waals surface area contributed by atoms with Crippen molar-refractivity contribution in [1.82, 2.24) is 0 Å². The van der Waals surface area contributed by atoms with Crippen LogP contribution < -0.4 is 4.90 Å². The molecule has 21 heavy (non-hydrogen) atoms. The molecule has 0 saturated heterocycles. The molecule has 3 nitrogen and oxygen atoms in total. The van der Waals surface area contributed by atoms with Gasteiger partial charge >= 0.3 is 0 Å². The van der Waals surface area contributed by atoms with Crippen LogP contribution in [0.4, 0.5) is 5.69 Å². The number of phenols is 1. The molecule has 3 heteroatoms. The van der Waals surface area contributed by atoms with Gasteiger partial charge in [-0.05, 0) is 54.8 Å². The van der Waals surface area contributed by atoms with Crippen LogP contribution in [0.25, 0.3) is 11.6 Å². The Balaban J connectivity index is 2.14. The first-order chi connectivity index (χ1) is 9.99. The minimum absolute atomic E-state index is 0.000388. The summed E-state index contributed by atoms with van der Waals surface area (Å²) in [6, 6.07) is 11.6. The molecule has 0 bridgehead atoms. The first kappa shape index (κ1) is 13.4. The van der Waals surface area contributed by atoms with Crippen molar-refractivity contribution in [2.45, 2.75) is 13.8 Å². The van der Waals surface area contributed by atoms with Crippen molar-refractivity contribution in [2.75, 3.05) is 11.9 Å². The highest BCUT2D eigenvalue weighted by Crippen LogP contribution is 2.37. The number of benzene rings is 2. The van der Waals surface area contributed by atoms with E-state index in [1.807, 2.05) is 56.3 Å². The van der Waals surface area contributed by atoms with Gasteiger partial charge in [0.25, 0.3) is 5.91 Å². The second kappa shape index (κ2) is 4.77. The number of aromatic hydroxyl groups is 1. The van der Waals surface area contributed by atoms with Gasteiger partial charge < -0.3 is 10.0 Å². The SMILES string of the molecule is Cc1cc(/C=C2\C(=O)N(C)c3ccccc32)cc(C)c1O. The Morgan fingerprint density at radius 1 is 1.10 bits per heavy atom. The number of likely N-dealkylation sites (N-methyl/N-ethyl adjacent to an activating group) is 1. The topological polar surface area (TPSA) is 40.5 Å². The zero-order valence-electron chi connectivity index (χ0n) is 12.3. The molecule has 106 valence electrons. The van der Waals surface area contributed by atoms with Gasteiger partial charge in [0.05, 0.1) is 5.69 Å². The molecule has 0 fully saturated rings. The monoisotopic (exact) mass is 279 g/mol. The van der Waals surface area contributed by atoms with Crippen LogP contribution >= 0.6 is 0 Å². The first-order valence-electron chi connectivity index (χ1n) is 6.88. The molecule has 3 rings (SSSR count). The van der Waals surface area contributed by atoms with Crippen molar-refractivity contribution < 1.29 is 9.90 Å². The van der Waals surface area contributed by atoms with Gasteiger partial charge in [-0.2, -0.15) is 0 Å². The zero-order chi connectivity index (χ0) is 15.1. The fourth-order valence-electron chi connectivity index (χ4n) is 2.78. The lowest BCUT2D eigenvalue weighted by molar-refractivity contribution is -0.112. The molecule has 1 aliphatic rings. The van der Waals surface area contributed by atoms with Crippen LogP contribution in [-0.2, 0) is 4.79 Å². The molecule has 1 heterocycles. The number of rotatable bonds is 1. The van der Waals surface area contributed by atoms with Gasteiger partial charge in [-0.1, -0.05) is 18.2 Å². The molecule has 0 saturated carbocycles. The van der Waals surface area contributed by atoms with Crippen molar-refractivity contribution in [3.05, 3.63) is 58.7 Å². The molecular formula is C18H17NO2. The van der Waals surface area contributed by atoms with Crippen LogP contribution in [0.1, 0.15) is 22.3 Å². The standard InChI is InChI=1S/C18H17NO2/c1-11-8-13(9-12(2)17(11)20)10-15-14-6-4-5-7-16(14)19(3)18(15)21/h4-10,20H,1-3H3/b15-10-. The maximum absolute atomic E-state index is 12.4. The fraction of sp³-hybridized carbons (Fsp3) is 0.167. The molecule has 1 N–H and O–H groups in total. The Labute approximate surface area is 124 Å². The van der Waals surface area contributed by atoms with Crippen LogP contribution in [0.3, 0.4) is 0 Å². The van der Waals surface area contributed by atoms with Crippen LogP contribution in [-0.4, -0.2) is 18.1 Å². The van der Waals surface area contributed by atoms with Crippen LogP contribution in [0.2, 0.25) is 0 Å². The van der Waals surface area contributed by atoms with Crippen LogP contribution in [0.5, 0.6) is 5.75 Å². The van der Waals surface area contributed by atoms with Crippen molar-refractivity contribution in [3.8, 4) is 5.75 Å². The Morgan fingerprint density at radius 3 is 2.38 bits per heavy atom. The molecule has 2 aromatic carbocycles. The van der Waals surface area contributed by atoms with Gasteiger partial charge in [0.1, 0.15) is 5.75 Å². The van der Waals surface area contributed by atoms with Gasteiger partial charge in [-0.3, -0.25) is 4.79 Å². The smallest absolute Gasteiger partial charge is 0.258 e. The summed E-state index contributed by atoms with van der Waals surface area (Å²) in [5.74, 6) is 0.312. The van der Waals surface area contributed by atoms with Crippen LogP contribution in [0, 0.1) is 13.8 Å². The molecule has 0 aliphatic carbocycles. The van der Waals surface area contributed by atoms with Crippen molar-refractivity contribution >= 4 is 23.2 Å². The lowest BCUT2D eigenvalue weighted by atomic mass is 10.0. The summed E-state index contributed by atoms with van der Waals surface area (Å²) in [4.78, 5) is 14.1. The zero-order valence-corrected chi connectivity index (χ0v) is 12.3. The van der Waals surface area contributed by atoms with E-state index in [1.54, 1.807) is 11.9 Å². The molecule has 0 unspecified atom stereocenters. The van der Waals surface area contributed by atoms with E-state index in [2.05, 4.69) is 0 Å². The molecule has 0 radical (unpaired) electrons. The predicted octanol–water partition coefficient (Wildman–Crippen LogP) is 3.53. The number of hydrogen-bond acceptors (Lipinski definition) is 2. The van der Waals surface area contributed by atoms with E-state index >= 15 is 0 Å². The predicted molar refractivity (Wildman–Crippen MR) is 85.3 cm³/mol. The number of amides is 1. The maximum Gasteiger partial charge on any atom is 0.258 e. The molecule has 1 amide bonds. The van der Waals surface area contributed by atoms with E-state index in [1.165, 1.54) is 0 Å². The normalized spacial score (nSPS) is 15.7. The van der Waals surface area contributed by atoms with Gasteiger partial charge in [-0.15, -0.1) is 0 Å². The molecule has 1 aliphatic heterocycles. The third-order valence-corrected chi connectivity index (χ3v) is 3.92. The maximum atomic E-state index is 12.4. The van der Waals surface area contributed by atoms with Gasteiger partial charge in [0, 0.05) is 18.2 Å². The number of para-hydroxylation sites is 1. The highest BCUT2D eigenvalue weighted by atomic mass is 16.3. The number of phenolic OH excluding ortho intramolecular Hbond substituents is 1. The lowest BCUT2D eigenvalue weighted by Gasteiger charge is -2.08. The Bertz CT molecular complexity index is 752. The quantitative estimate of drug-likeness (QED) is 0.811. The average Bonchev–Trinajstić information content (AvgIpc) is 2.70. The van der Waals surface area contributed by atoms with E-state index in [0.717, 1.165) is 27.9 Å². The Morgan fingerprint density at radius 2 is 1.71 bits per heavy atom. The summed E-state index contributed by atoms with van der Waals surface area (Å²) >= 11 is 0. The largest absolute Gasteiger partial charge is 0.507 e. The molecular weight excluding hydrogens is 262 g/mol. The second-order valence-corrected chi connectivity index (χ2v) is 5.44. The summed E-state index contributed by atoms with van der Waals surface area (Å²) in [6.07, 6.45) is 1.89. The second-order valence-electron chi connectivity index (χ2n) is 5.44. The lowest BCUT2D eigenvalue weighted by Crippen LogP contribution is -2.20. The number of anilines is 1. The van der Waals surface area contributed by atoms with E-state index in [9.17, 15) is 9.90 Å². The van der Waals surface area contributed by atoms with Crippen molar-refractivity contribution in [3.63, 3.8) is 0 Å². The number of aryl methyl sites for hydroxylation is 2. The highest BCUT2D eigenvalue weighted by Gasteiger charge is 2.28. The highest BCUT2D eigenvalue weighted by molar-refractivity contribution is 6.35. The van der Waals surface area contributed by atoms with Crippen LogP contribution in [0.15, 0.2) is 36.4 Å². The minimum atomic E-state index is -0.000388. The molecule has 0 atom stereocenters. The summed E-state index contributed by atoms with van der Waals surface area (Å²) in [5.41, 5.74) is 5.13. The number of hydrogen-bond donors (Lipinski definition) is 1. The van der Waals surface area contributed by atoms with E-state index < -0.39 is 0 Å². The molecule has 2 aromatic rings. The summed E-state index contributed by atoms with van der Waals surface area (Å²) in [6.45, 7) is 3.72. The van der Waals surface area contributed by atoms with Gasteiger partial charge in [0.15, 0.2) is 0 Å². The summed E-state index contributed by atoms with van der Waals surface area (Å²) in [5, 5.41) is 9.85. The Kier molecular flexibility index (Phi) is 3.05. The summed E-state index contributed by atoms with van der Waals surface area (Å²) in [7, 11) is 1.79. The minimum Gasteiger partial charge on any atom is -0.507 e. The van der Waals surface area contributed by atoms with E-state index in [0.29, 0.717) is 11.3 Å². The number of nitrogens with zero attached hydrogens (tertiary/aromatic N) is 1.